The van der Waals surface area contributed by atoms with Gasteiger partial charge in [0.05, 0.1) is 29.5 Å². The van der Waals surface area contributed by atoms with Crippen LogP contribution in [-0.4, -0.2) is 31.2 Å². The van der Waals surface area contributed by atoms with Crippen molar-refractivity contribution < 1.29 is 10.2 Å². The van der Waals surface area contributed by atoms with Crippen LogP contribution >= 0.6 is 0 Å². The highest BCUT2D eigenvalue weighted by atomic mass is 16.3. The number of nitriles is 1. The first kappa shape index (κ1) is 24.3. The van der Waals surface area contributed by atoms with E-state index < -0.39 is 11.2 Å². The van der Waals surface area contributed by atoms with Gasteiger partial charge in [-0.3, -0.25) is 4.68 Å². The van der Waals surface area contributed by atoms with Gasteiger partial charge in [0.2, 0.25) is 0 Å². The molecule has 0 unspecified atom stereocenters. The monoisotopic (exact) mass is 467 g/mol. The summed E-state index contributed by atoms with van der Waals surface area (Å²) in [5.41, 5.74) is -0.520. The molecule has 4 aliphatic rings. The van der Waals surface area contributed by atoms with Crippen molar-refractivity contribution in [1.29, 1.82) is 5.26 Å². The lowest BCUT2D eigenvalue weighted by Crippen LogP contribution is -2.58. The average Bonchev–Trinajstić information content (AvgIpc) is 3.24. The highest BCUT2D eigenvalue weighted by Gasteiger charge is 2.59. The van der Waals surface area contributed by atoms with E-state index in [4.69, 9.17) is 5.26 Å². The summed E-state index contributed by atoms with van der Waals surface area (Å²) in [5.74, 6) is 4.07. The molecular weight excluding hydrogens is 422 g/mol. The Morgan fingerprint density at radius 3 is 2.68 bits per heavy atom. The molecule has 9 atom stereocenters. The standard InChI is InChI=1S/C29H45N3O2/c1-4-12-29(34)14-11-22-21(15-29)8-9-24-23(22)10-13-27(2)25(24)6-5-7-26(27)28(3,33)19-32-18-20(16-30)17-31-32/h17-18,21-26,33-34H,4-15,19H2,1-3H3/t21-,22+,23-,24-,25+,26+,27+,28-,29-/m1/s1. The third-order valence-electron chi connectivity index (χ3n) is 11.1. The second-order valence-electron chi connectivity index (χ2n) is 13.1. The van der Waals surface area contributed by atoms with Crippen molar-refractivity contribution in [2.45, 2.75) is 116 Å². The van der Waals surface area contributed by atoms with E-state index in [1.807, 2.05) is 6.92 Å². The Morgan fingerprint density at radius 1 is 1.15 bits per heavy atom. The largest absolute Gasteiger partial charge is 0.390 e. The minimum atomic E-state index is -0.836. The Morgan fingerprint density at radius 2 is 1.94 bits per heavy atom. The number of hydrogen-bond donors (Lipinski definition) is 2. The van der Waals surface area contributed by atoms with Crippen LogP contribution in [0.5, 0.6) is 0 Å². The van der Waals surface area contributed by atoms with Crippen molar-refractivity contribution in [3.63, 3.8) is 0 Å². The first-order valence-corrected chi connectivity index (χ1v) is 14.1. The van der Waals surface area contributed by atoms with Crippen LogP contribution in [0, 0.1) is 52.3 Å². The molecule has 4 fully saturated rings. The van der Waals surface area contributed by atoms with E-state index in [1.165, 1.54) is 44.9 Å². The van der Waals surface area contributed by atoms with Crippen LogP contribution in [0.2, 0.25) is 0 Å². The van der Waals surface area contributed by atoms with Crippen LogP contribution in [0.25, 0.3) is 0 Å². The molecule has 188 valence electrons. The molecule has 4 aliphatic carbocycles. The zero-order valence-corrected chi connectivity index (χ0v) is 21.5. The Kier molecular flexibility index (Phi) is 6.39. The number of aromatic nitrogens is 2. The molecule has 0 radical (unpaired) electrons. The summed E-state index contributed by atoms with van der Waals surface area (Å²) in [6.45, 7) is 7.16. The van der Waals surface area contributed by atoms with E-state index in [0.29, 0.717) is 23.9 Å². The molecule has 0 amide bonds. The van der Waals surface area contributed by atoms with Crippen LogP contribution in [0.15, 0.2) is 12.4 Å². The average molecular weight is 468 g/mol. The van der Waals surface area contributed by atoms with E-state index in [0.717, 1.165) is 49.9 Å². The Hall–Kier alpha value is -1.38. The fraction of sp³-hybridized carbons (Fsp3) is 0.862. The van der Waals surface area contributed by atoms with Gasteiger partial charge in [-0.05, 0) is 112 Å². The minimum Gasteiger partial charge on any atom is -0.390 e. The van der Waals surface area contributed by atoms with Crippen LogP contribution in [0.4, 0.5) is 0 Å². The molecule has 5 rings (SSSR count). The van der Waals surface area contributed by atoms with Crippen molar-refractivity contribution in [3.8, 4) is 6.07 Å². The molecule has 0 spiro atoms. The lowest BCUT2D eigenvalue weighted by atomic mass is 9.43. The normalized spacial score (nSPS) is 43.6. The van der Waals surface area contributed by atoms with Crippen molar-refractivity contribution in [3.05, 3.63) is 18.0 Å². The summed E-state index contributed by atoms with van der Waals surface area (Å²) in [6, 6.07) is 2.15. The van der Waals surface area contributed by atoms with E-state index in [-0.39, 0.29) is 11.3 Å². The van der Waals surface area contributed by atoms with E-state index in [2.05, 4.69) is 25.0 Å². The fourth-order valence-electron chi connectivity index (χ4n) is 9.82. The SMILES string of the molecule is CCC[C@@]1(O)CC[C@H]2[C@H](CC[C@@H]3[C@@H]2CC[C@@]2(C)[C@H]3CCC[C@@H]2[C@](C)(O)Cn2cc(C#N)cn2)C1. The predicted molar refractivity (Wildman–Crippen MR) is 133 cm³/mol. The molecule has 0 aliphatic heterocycles. The predicted octanol–water partition coefficient (Wildman–Crippen LogP) is 5.70. The van der Waals surface area contributed by atoms with Crippen LogP contribution < -0.4 is 0 Å². The van der Waals surface area contributed by atoms with Crippen molar-refractivity contribution in [2.75, 3.05) is 0 Å². The second-order valence-corrected chi connectivity index (χ2v) is 13.1. The first-order valence-electron chi connectivity index (χ1n) is 14.1. The first-order chi connectivity index (χ1) is 16.2. The maximum Gasteiger partial charge on any atom is 0.102 e. The Balaban J connectivity index is 1.33. The molecule has 2 N–H and O–H groups in total. The molecule has 5 nitrogen and oxygen atoms in total. The van der Waals surface area contributed by atoms with E-state index >= 15 is 0 Å². The van der Waals surface area contributed by atoms with Crippen molar-refractivity contribution >= 4 is 0 Å². The zero-order valence-electron chi connectivity index (χ0n) is 21.5. The van der Waals surface area contributed by atoms with Gasteiger partial charge in [0.25, 0.3) is 0 Å². The summed E-state index contributed by atoms with van der Waals surface area (Å²) < 4.78 is 1.77. The molecule has 0 bridgehead atoms. The van der Waals surface area contributed by atoms with Gasteiger partial charge in [0.1, 0.15) is 6.07 Å². The summed E-state index contributed by atoms with van der Waals surface area (Å²) >= 11 is 0. The van der Waals surface area contributed by atoms with Gasteiger partial charge in [-0.2, -0.15) is 10.4 Å². The Labute approximate surface area is 205 Å². The maximum atomic E-state index is 11.8. The highest BCUT2D eigenvalue weighted by Crippen LogP contribution is 2.64. The van der Waals surface area contributed by atoms with Gasteiger partial charge in [-0.1, -0.05) is 26.7 Å². The van der Waals surface area contributed by atoms with Gasteiger partial charge < -0.3 is 10.2 Å². The third kappa shape index (κ3) is 4.13. The lowest BCUT2D eigenvalue weighted by molar-refractivity contribution is -0.171. The minimum absolute atomic E-state index is 0.165. The number of hydrogen-bond acceptors (Lipinski definition) is 4. The summed E-state index contributed by atoms with van der Waals surface area (Å²) in [6.07, 6.45) is 17.3. The zero-order chi connectivity index (χ0) is 24.1. The molecule has 5 heteroatoms. The number of fused-ring (bicyclic) bond motifs is 5. The number of rotatable bonds is 5. The van der Waals surface area contributed by atoms with E-state index in [9.17, 15) is 10.2 Å². The highest BCUT2D eigenvalue weighted by molar-refractivity contribution is 5.21. The molecule has 0 aromatic carbocycles. The molecule has 34 heavy (non-hydrogen) atoms. The molecule has 1 heterocycles. The smallest absolute Gasteiger partial charge is 0.102 e. The fourth-order valence-corrected chi connectivity index (χ4v) is 9.82. The Bertz CT molecular complexity index is 919. The van der Waals surface area contributed by atoms with Gasteiger partial charge in [-0.25, -0.2) is 0 Å². The van der Waals surface area contributed by atoms with Crippen LogP contribution in [0.3, 0.4) is 0 Å². The van der Waals surface area contributed by atoms with Crippen LogP contribution in [-0.2, 0) is 6.54 Å². The van der Waals surface area contributed by atoms with Gasteiger partial charge >= 0.3 is 0 Å². The molecule has 4 saturated carbocycles. The third-order valence-corrected chi connectivity index (χ3v) is 11.1. The number of aliphatic hydroxyl groups is 2. The molecule has 1 aromatic heterocycles. The second kappa shape index (κ2) is 8.93. The van der Waals surface area contributed by atoms with Crippen LogP contribution in [0.1, 0.15) is 103 Å². The number of nitrogens with zero attached hydrogens (tertiary/aromatic N) is 3. The topological polar surface area (TPSA) is 82.1 Å². The maximum absolute atomic E-state index is 11.8. The van der Waals surface area contributed by atoms with Gasteiger partial charge in [0.15, 0.2) is 0 Å². The van der Waals surface area contributed by atoms with E-state index in [1.54, 1.807) is 17.1 Å². The molecule has 0 saturated heterocycles. The van der Waals surface area contributed by atoms with Gasteiger partial charge in [0, 0.05) is 6.20 Å². The van der Waals surface area contributed by atoms with Crippen molar-refractivity contribution in [2.24, 2.45) is 40.9 Å². The summed E-state index contributed by atoms with van der Waals surface area (Å²) in [7, 11) is 0. The molecular formula is C29H45N3O2. The van der Waals surface area contributed by atoms with Crippen molar-refractivity contribution in [1.82, 2.24) is 9.78 Å². The lowest BCUT2D eigenvalue weighted by Gasteiger charge is -2.62. The summed E-state index contributed by atoms with van der Waals surface area (Å²) in [4.78, 5) is 0. The quantitative estimate of drug-likeness (QED) is 0.582. The van der Waals surface area contributed by atoms with Gasteiger partial charge in [-0.15, -0.1) is 0 Å². The summed E-state index contributed by atoms with van der Waals surface area (Å²) in [5, 5.41) is 36.4. The molecule has 1 aromatic rings.